The van der Waals surface area contributed by atoms with E-state index >= 15 is 0 Å². The molecule has 5 heteroatoms. The maximum atomic E-state index is 11.1. The van der Waals surface area contributed by atoms with Crippen molar-refractivity contribution in [2.75, 3.05) is 5.73 Å². The van der Waals surface area contributed by atoms with Crippen LogP contribution in [0.15, 0.2) is 30.3 Å². The number of nitrogen functional groups attached to an aromatic ring is 1. The second-order valence-electron chi connectivity index (χ2n) is 4.71. The van der Waals surface area contributed by atoms with Gasteiger partial charge in [0, 0.05) is 0 Å². The van der Waals surface area contributed by atoms with Gasteiger partial charge in [-0.2, -0.15) is 0 Å². The number of hydrogen-bond donors (Lipinski definition) is 1. The predicted molar refractivity (Wildman–Crippen MR) is 78.2 cm³/mol. The molecule has 0 atom stereocenters. The minimum Gasteiger partial charge on any atom is -0.449 e. The van der Waals surface area contributed by atoms with E-state index in [1.54, 1.807) is 12.1 Å². The summed E-state index contributed by atoms with van der Waals surface area (Å²) in [5, 5.41) is 11.1. The molecular weight excluding hydrogens is 256 g/mol. The number of nitrogens with zero attached hydrogens (tertiary/aromatic N) is 1. The van der Waals surface area contributed by atoms with Gasteiger partial charge in [-0.25, -0.2) is 0 Å². The minimum absolute atomic E-state index is 0.0930. The van der Waals surface area contributed by atoms with Crippen molar-refractivity contribution in [3.05, 3.63) is 57.1 Å². The van der Waals surface area contributed by atoms with E-state index in [0.29, 0.717) is 5.75 Å². The summed E-state index contributed by atoms with van der Waals surface area (Å²) in [6.07, 6.45) is 0. The SMILES string of the molecule is Cc1ccc(C)c(Oc2cccc(N)c2[N+](=O)[O-])c1C. The normalized spacial score (nSPS) is 10.3. The molecule has 2 aromatic carbocycles. The molecule has 0 aromatic heterocycles. The number of benzene rings is 2. The largest absolute Gasteiger partial charge is 0.449 e. The fourth-order valence-electron chi connectivity index (χ4n) is 2.01. The fourth-order valence-corrected chi connectivity index (χ4v) is 2.01. The van der Waals surface area contributed by atoms with Gasteiger partial charge in [-0.15, -0.1) is 0 Å². The summed E-state index contributed by atoms with van der Waals surface area (Å²) in [6.45, 7) is 5.80. The predicted octanol–water partition coefficient (Wildman–Crippen LogP) is 3.89. The number of nitrogens with two attached hydrogens (primary N) is 1. The average Bonchev–Trinajstić information content (AvgIpc) is 2.39. The van der Waals surface area contributed by atoms with Crippen LogP contribution in [0.3, 0.4) is 0 Å². The van der Waals surface area contributed by atoms with Gasteiger partial charge in [-0.3, -0.25) is 10.1 Å². The molecule has 0 spiro atoms. The fraction of sp³-hybridized carbons (Fsp3) is 0.200. The third-order valence-corrected chi connectivity index (χ3v) is 3.30. The Morgan fingerprint density at radius 2 is 1.75 bits per heavy atom. The molecule has 0 amide bonds. The number of para-hydroxylation sites is 1. The summed E-state index contributed by atoms with van der Waals surface area (Å²) < 4.78 is 5.77. The van der Waals surface area contributed by atoms with Gasteiger partial charge in [0.1, 0.15) is 11.4 Å². The van der Waals surface area contributed by atoms with Crippen molar-refractivity contribution in [2.24, 2.45) is 0 Å². The van der Waals surface area contributed by atoms with Crippen LogP contribution >= 0.6 is 0 Å². The third kappa shape index (κ3) is 2.42. The monoisotopic (exact) mass is 272 g/mol. The topological polar surface area (TPSA) is 78.4 Å². The van der Waals surface area contributed by atoms with Crippen molar-refractivity contribution < 1.29 is 9.66 Å². The number of nitro groups is 1. The van der Waals surface area contributed by atoms with Gasteiger partial charge in [0.05, 0.1) is 4.92 Å². The van der Waals surface area contributed by atoms with Crippen LogP contribution in [0.2, 0.25) is 0 Å². The van der Waals surface area contributed by atoms with Crippen LogP contribution in [0.4, 0.5) is 11.4 Å². The maximum absolute atomic E-state index is 11.1. The van der Waals surface area contributed by atoms with Crippen molar-refractivity contribution in [1.29, 1.82) is 0 Å². The summed E-state index contributed by atoms with van der Waals surface area (Å²) in [4.78, 5) is 10.6. The lowest BCUT2D eigenvalue weighted by atomic mass is 10.1. The second kappa shape index (κ2) is 5.21. The van der Waals surface area contributed by atoms with Gasteiger partial charge >= 0.3 is 5.69 Å². The Hall–Kier alpha value is -2.56. The molecule has 0 bridgehead atoms. The van der Waals surface area contributed by atoms with Crippen LogP contribution < -0.4 is 10.5 Å². The van der Waals surface area contributed by atoms with Gasteiger partial charge in [-0.1, -0.05) is 18.2 Å². The first-order chi connectivity index (χ1) is 9.41. The molecule has 0 heterocycles. The molecule has 0 radical (unpaired) electrons. The van der Waals surface area contributed by atoms with Crippen LogP contribution in [-0.2, 0) is 0 Å². The highest BCUT2D eigenvalue weighted by molar-refractivity contribution is 5.66. The first kappa shape index (κ1) is 13.9. The highest BCUT2D eigenvalue weighted by atomic mass is 16.6. The molecule has 0 unspecified atom stereocenters. The van der Waals surface area contributed by atoms with Crippen LogP contribution in [0, 0.1) is 30.9 Å². The Bertz CT molecular complexity index is 681. The summed E-state index contributed by atoms with van der Waals surface area (Å²) in [5.41, 5.74) is 8.50. The van der Waals surface area contributed by atoms with Crippen LogP contribution in [0.5, 0.6) is 11.5 Å². The molecule has 20 heavy (non-hydrogen) atoms. The highest BCUT2D eigenvalue weighted by Crippen LogP contribution is 2.38. The lowest BCUT2D eigenvalue weighted by Crippen LogP contribution is -2.00. The molecule has 2 aromatic rings. The van der Waals surface area contributed by atoms with E-state index in [0.717, 1.165) is 16.7 Å². The van der Waals surface area contributed by atoms with Crippen LogP contribution in [0.1, 0.15) is 16.7 Å². The van der Waals surface area contributed by atoms with E-state index in [1.807, 2.05) is 32.9 Å². The molecule has 0 aliphatic carbocycles. The standard InChI is InChI=1S/C15H16N2O3/c1-9-7-8-10(2)15(11(9)3)20-13-6-4-5-12(16)14(13)17(18)19/h4-8H,16H2,1-3H3. The lowest BCUT2D eigenvalue weighted by molar-refractivity contribution is -0.384. The van der Waals surface area contributed by atoms with E-state index in [1.165, 1.54) is 6.07 Å². The van der Waals surface area contributed by atoms with E-state index in [9.17, 15) is 10.1 Å². The molecule has 0 aliphatic rings. The zero-order chi connectivity index (χ0) is 14.9. The molecule has 0 saturated heterocycles. The minimum atomic E-state index is -0.523. The summed E-state index contributed by atoms with van der Waals surface area (Å²) in [6, 6.07) is 8.59. The Morgan fingerprint density at radius 1 is 1.10 bits per heavy atom. The highest BCUT2D eigenvalue weighted by Gasteiger charge is 2.21. The molecule has 0 aliphatic heterocycles. The van der Waals surface area contributed by atoms with Crippen molar-refractivity contribution in [2.45, 2.75) is 20.8 Å². The van der Waals surface area contributed by atoms with Crippen molar-refractivity contribution in [3.8, 4) is 11.5 Å². The third-order valence-electron chi connectivity index (χ3n) is 3.30. The molecule has 5 nitrogen and oxygen atoms in total. The number of anilines is 1. The van der Waals surface area contributed by atoms with E-state index in [4.69, 9.17) is 10.5 Å². The Kier molecular flexibility index (Phi) is 3.61. The quantitative estimate of drug-likeness (QED) is 0.522. The summed E-state index contributed by atoms with van der Waals surface area (Å²) in [5.74, 6) is 0.797. The Labute approximate surface area is 117 Å². The number of rotatable bonds is 3. The molecule has 0 fully saturated rings. The first-order valence-corrected chi connectivity index (χ1v) is 6.19. The first-order valence-electron chi connectivity index (χ1n) is 6.19. The van der Waals surface area contributed by atoms with Crippen molar-refractivity contribution in [3.63, 3.8) is 0 Å². The number of nitro benzene ring substituents is 1. The molecule has 0 saturated carbocycles. The van der Waals surface area contributed by atoms with Crippen molar-refractivity contribution in [1.82, 2.24) is 0 Å². The zero-order valence-corrected chi connectivity index (χ0v) is 11.6. The smallest absolute Gasteiger partial charge is 0.334 e. The Morgan fingerprint density at radius 3 is 2.40 bits per heavy atom. The maximum Gasteiger partial charge on any atom is 0.334 e. The number of aryl methyl sites for hydroxylation is 2. The van der Waals surface area contributed by atoms with Gasteiger partial charge in [-0.05, 0) is 49.6 Å². The van der Waals surface area contributed by atoms with Gasteiger partial charge in [0.15, 0.2) is 0 Å². The average molecular weight is 272 g/mol. The van der Waals surface area contributed by atoms with Gasteiger partial charge in [0.25, 0.3) is 0 Å². The van der Waals surface area contributed by atoms with Crippen LogP contribution in [-0.4, -0.2) is 4.92 Å². The molecule has 2 N–H and O–H groups in total. The molecule has 2 rings (SSSR count). The van der Waals surface area contributed by atoms with Crippen LogP contribution in [0.25, 0.3) is 0 Å². The van der Waals surface area contributed by atoms with E-state index in [2.05, 4.69) is 0 Å². The van der Waals surface area contributed by atoms with Gasteiger partial charge in [0.2, 0.25) is 5.75 Å². The zero-order valence-electron chi connectivity index (χ0n) is 11.6. The second-order valence-corrected chi connectivity index (χ2v) is 4.71. The van der Waals surface area contributed by atoms with Gasteiger partial charge < -0.3 is 10.5 Å². The number of ether oxygens (including phenoxy) is 1. The summed E-state index contributed by atoms with van der Waals surface area (Å²) in [7, 11) is 0. The molecule has 104 valence electrons. The lowest BCUT2D eigenvalue weighted by Gasteiger charge is -2.14. The van der Waals surface area contributed by atoms with Crippen molar-refractivity contribution >= 4 is 11.4 Å². The van der Waals surface area contributed by atoms with E-state index in [-0.39, 0.29) is 17.1 Å². The Balaban J connectivity index is 2.54. The summed E-state index contributed by atoms with van der Waals surface area (Å²) >= 11 is 0. The number of hydrogen-bond acceptors (Lipinski definition) is 4. The molecular formula is C15H16N2O3. The van der Waals surface area contributed by atoms with E-state index < -0.39 is 4.92 Å².